The van der Waals surface area contributed by atoms with Crippen molar-refractivity contribution in [3.05, 3.63) is 0 Å². The first-order chi connectivity index (χ1) is 5.05. The van der Waals surface area contributed by atoms with Crippen LogP contribution in [0.5, 0.6) is 0 Å². The van der Waals surface area contributed by atoms with E-state index < -0.39 is 14.0 Å². The van der Waals surface area contributed by atoms with Crippen molar-refractivity contribution in [2.24, 2.45) is 0 Å². The smallest absolute Gasteiger partial charge is 0.229 e. The van der Waals surface area contributed by atoms with Gasteiger partial charge in [-0.2, -0.15) is 0 Å². The predicted molar refractivity (Wildman–Crippen MR) is 65.1 cm³/mol. The van der Waals surface area contributed by atoms with Gasteiger partial charge in [-0.05, 0) is 12.7 Å². The molecule has 1 rings (SSSR count). The molecule has 0 bridgehead atoms. The van der Waals surface area contributed by atoms with Crippen LogP contribution >= 0.6 is 44.0 Å². The zero-order chi connectivity index (χ0) is 8.48. The lowest BCUT2D eigenvalue weighted by Gasteiger charge is -2.15. The first-order valence-corrected chi connectivity index (χ1v) is 16.1. The van der Waals surface area contributed by atoms with Crippen molar-refractivity contribution in [3.63, 3.8) is 0 Å². The van der Waals surface area contributed by atoms with Crippen LogP contribution in [0.15, 0.2) is 0 Å². The normalized spacial score (nSPS) is 24.1. The molecule has 0 aromatic carbocycles. The fourth-order valence-electron chi connectivity index (χ4n) is 0.626. The van der Waals surface area contributed by atoms with Crippen LogP contribution in [0, 0.1) is 0 Å². The molecule has 1 aromatic heterocycles. The van der Waals surface area contributed by atoms with Crippen molar-refractivity contribution in [2.75, 3.05) is 12.8 Å². The van der Waals surface area contributed by atoms with Crippen LogP contribution < -0.4 is 0 Å². The van der Waals surface area contributed by atoms with Gasteiger partial charge >= 0.3 is 0 Å². The van der Waals surface area contributed by atoms with Crippen LogP contribution in [0.2, 0.25) is 0 Å². The summed E-state index contributed by atoms with van der Waals surface area (Å²) in [6.45, 7) is 3.38. The fraction of sp³-hybridized carbons (Fsp3) is 1.00. The van der Waals surface area contributed by atoms with E-state index in [-0.39, 0.29) is 6.58 Å². The molecular weight excluding hydrogens is 254 g/mol. The maximum Gasteiger partial charge on any atom is 0.229 e. The lowest BCUT2D eigenvalue weighted by molar-refractivity contribution is 0.503. The molecule has 0 aliphatic rings. The Morgan fingerprint density at radius 1 is 1.73 bits per heavy atom. The number of hydrogen-bond donors (Lipinski definition) is 1. The van der Waals surface area contributed by atoms with Gasteiger partial charge < -0.3 is 4.89 Å². The largest absolute Gasteiger partial charge is 0.341 e. The van der Waals surface area contributed by atoms with Gasteiger partial charge in [-0.1, -0.05) is 30.3 Å². The van der Waals surface area contributed by atoms with E-state index in [1.54, 1.807) is 6.66 Å². The molecule has 0 aliphatic carbocycles. The maximum absolute atomic E-state index is 11.4. The van der Waals surface area contributed by atoms with Crippen LogP contribution in [-0.2, 0) is 4.57 Å². The van der Waals surface area contributed by atoms with Crippen molar-refractivity contribution in [1.29, 1.82) is 0 Å². The molecule has 0 spiro atoms. The van der Waals surface area contributed by atoms with Crippen LogP contribution in [-0.4, -0.2) is 17.7 Å². The number of hydrogen-bond acceptors (Lipinski definition) is 1. The molecule has 0 saturated carbocycles. The molecule has 2 nitrogen and oxygen atoms in total. The van der Waals surface area contributed by atoms with Crippen LogP contribution in [0.25, 0.3) is 0 Å². The third kappa shape index (κ3) is 3.67. The van der Waals surface area contributed by atoms with Gasteiger partial charge in [0.05, 0.1) is 6.99 Å². The summed E-state index contributed by atoms with van der Waals surface area (Å²) in [6, 6.07) is 0. The summed E-state index contributed by atoms with van der Waals surface area (Å²) in [6.07, 6.45) is 1.11. The third-order valence-corrected chi connectivity index (χ3v) is 41.2. The molecule has 1 heterocycles. The minimum absolute atomic E-state index is 0.112. The summed E-state index contributed by atoms with van der Waals surface area (Å²) in [5, 5.41) is 0. The molecule has 5 atom stereocenters. The Balaban J connectivity index is 2.62. The monoisotopic (exact) mass is 266 g/mol. The van der Waals surface area contributed by atoms with E-state index in [0.29, 0.717) is 0 Å². The highest BCUT2D eigenvalue weighted by Gasteiger charge is 2.28. The minimum atomic E-state index is -2.67. The first-order valence-electron chi connectivity index (χ1n) is 3.21. The summed E-state index contributed by atoms with van der Waals surface area (Å²) in [4.78, 5) is 9.44. The van der Waals surface area contributed by atoms with Crippen molar-refractivity contribution in [1.82, 2.24) is 0 Å². The van der Waals surface area contributed by atoms with Crippen molar-refractivity contribution in [3.8, 4) is 0 Å². The van der Waals surface area contributed by atoms with Crippen LogP contribution in [0.3, 0.4) is 0 Å². The molecule has 5 unspecified atom stereocenters. The highest BCUT2D eigenvalue weighted by atomic mass is 33.0. The first kappa shape index (κ1) is 11.0. The highest BCUT2D eigenvalue weighted by molar-refractivity contribution is 9.00. The van der Waals surface area contributed by atoms with E-state index in [9.17, 15) is 9.46 Å². The molecule has 1 aromatic rings. The molecule has 8 heteroatoms. The topological polar surface area (TPSA) is 37.3 Å². The van der Waals surface area contributed by atoms with E-state index in [1.807, 2.05) is 0 Å². The second-order valence-electron chi connectivity index (χ2n) is 2.17. The van der Waals surface area contributed by atoms with Crippen molar-refractivity contribution >= 4 is 44.0 Å². The van der Waals surface area contributed by atoms with Crippen molar-refractivity contribution in [2.45, 2.75) is 6.92 Å². The molecule has 0 saturated heterocycles. The zero-order valence-electron chi connectivity index (χ0n) is 6.40. The van der Waals surface area contributed by atoms with E-state index in [4.69, 9.17) is 0 Å². The van der Waals surface area contributed by atoms with Gasteiger partial charge in [0.1, 0.15) is 0 Å². The summed E-state index contributed by atoms with van der Waals surface area (Å²) in [7, 11) is 0.297. The van der Waals surface area contributed by atoms with Gasteiger partial charge in [0.15, 0.2) is 0 Å². The molecule has 0 aliphatic heterocycles. The van der Waals surface area contributed by atoms with Gasteiger partial charge in [-0.25, -0.2) is 0 Å². The van der Waals surface area contributed by atoms with E-state index in [2.05, 4.69) is 6.92 Å². The van der Waals surface area contributed by atoms with Gasteiger partial charge in [0.2, 0.25) is 7.06 Å². The van der Waals surface area contributed by atoms with E-state index >= 15 is 0 Å². The Morgan fingerprint density at radius 2 is 2.27 bits per heavy atom. The molecule has 0 fully saturated rings. The SMILES string of the molecule is CCPP(p1[pH][pH]1)P(C)(=O)O. The van der Waals surface area contributed by atoms with Gasteiger partial charge in [0.25, 0.3) is 0 Å². The van der Waals surface area contributed by atoms with Gasteiger partial charge in [-0.15, -0.1) is 0 Å². The predicted octanol–water partition coefficient (Wildman–Crippen LogP) is 4.41. The summed E-state index contributed by atoms with van der Waals surface area (Å²) in [5.74, 6) is 0. The van der Waals surface area contributed by atoms with Gasteiger partial charge in [0, 0.05) is 6.66 Å². The Bertz CT molecular complexity index is 230. The quantitative estimate of drug-likeness (QED) is 0.819. The van der Waals surface area contributed by atoms with Crippen molar-refractivity contribution < 1.29 is 9.46 Å². The van der Waals surface area contributed by atoms with Crippen LogP contribution in [0.1, 0.15) is 6.92 Å². The Labute approximate surface area is 73.5 Å². The third-order valence-electron chi connectivity index (χ3n) is 1.05. The lowest BCUT2D eigenvalue weighted by atomic mass is 11.0. The Morgan fingerprint density at radius 3 is 2.55 bits per heavy atom. The summed E-state index contributed by atoms with van der Waals surface area (Å²) < 4.78 is 11.4. The molecule has 11 heavy (non-hydrogen) atoms. The summed E-state index contributed by atoms with van der Waals surface area (Å²) in [5.41, 5.74) is 0. The van der Waals surface area contributed by atoms with E-state index in [0.717, 1.165) is 29.5 Å². The summed E-state index contributed by atoms with van der Waals surface area (Å²) >= 11 is 0. The van der Waals surface area contributed by atoms with Crippen LogP contribution in [0.4, 0.5) is 0 Å². The Hall–Kier alpha value is 1.95. The molecule has 1 N–H and O–H groups in total. The molecule has 66 valence electrons. The second kappa shape index (κ2) is 4.45. The minimum Gasteiger partial charge on any atom is -0.341 e. The maximum atomic E-state index is 11.4. The lowest BCUT2D eigenvalue weighted by Crippen LogP contribution is -1.65. The standard InChI is InChI=1S/C3H12O2P6/c1-3-6-10(9-7-8-9)11(2,4)5/h6-8H,3H2,1-2H3,(H,4,5). The zero-order valence-corrected chi connectivity index (χ0v) is 12.1. The highest BCUT2D eigenvalue weighted by Crippen LogP contribution is 3.02. The molecular formula is C3H12O2P6. The second-order valence-corrected chi connectivity index (χ2v) is 29.5. The average Bonchev–Trinajstić information content (AvgIpc) is 2.61. The average molecular weight is 266 g/mol. The van der Waals surface area contributed by atoms with E-state index in [1.165, 1.54) is 0 Å². The van der Waals surface area contributed by atoms with Gasteiger partial charge in [-0.3, -0.25) is 4.57 Å². The Kier molecular flexibility index (Phi) is 4.46. The molecule has 0 radical (unpaired) electrons. The number of rotatable bonds is 4. The molecule has 0 amide bonds. The fourth-order valence-corrected chi connectivity index (χ4v) is 55.0.